The second kappa shape index (κ2) is 6.69. The van der Waals surface area contributed by atoms with E-state index in [-0.39, 0.29) is 17.5 Å². The van der Waals surface area contributed by atoms with Crippen LogP contribution in [0.3, 0.4) is 0 Å². The van der Waals surface area contributed by atoms with E-state index in [1.165, 1.54) is 12.1 Å². The summed E-state index contributed by atoms with van der Waals surface area (Å²) in [5, 5.41) is 12.2. The average molecular weight is 315 g/mol. The molecule has 0 spiro atoms. The fraction of sp³-hybridized carbons (Fsp3) is 0.562. The number of hydrogen-bond donors (Lipinski definition) is 2. The molecule has 3 atom stereocenters. The van der Waals surface area contributed by atoms with Crippen LogP contribution in [0.15, 0.2) is 24.3 Å². The van der Waals surface area contributed by atoms with Crippen molar-refractivity contribution in [1.29, 1.82) is 0 Å². The quantitative estimate of drug-likeness (QED) is 0.869. The molecule has 22 heavy (non-hydrogen) atoms. The van der Waals surface area contributed by atoms with Crippen LogP contribution in [0.25, 0.3) is 0 Å². The van der Waals surface area contributed by atoms with Gasteiger partial charge >= 0.3 is 12.1 Å². The number of nitrogens with one attached hydrogen (secondary N) is 1. The van der Waals surface area contributed by atoms with Crippen LogP contribution in [0.2, 0.25) is 0 Å². The number of carboxylic acid groups (broad SMARTS) is 1. The van der Waals surface area contributed by atoms with Crippen LogP contribution < -0.4 is 5.32 Å². The highest BCUT2D eigenvalue weighted by Crippen LogP contribution is 2.41. The zero-order valence-electron chi connectivity index (χ0n) is 12.4. The Balaban J connectivity index is 2.26. The number of hydrogen-bond acceptors (Lipinski definition) is 2. The van der Waals surface area contributed by atoms with Crippen molar-refractivity contribution in [3.63, 3.8) is 0 Å². The molecular weight excluding hydrogens is 295 g/mol. The van der Waals surface area contributed by atoms with E-state index in [9.17, 15) is 18.0 Å². The largest absolute Gasteiger partial charge is 0.480 e. The SMILES string of the molecule is CCC(NC1CCCC1c1ccccc1C(F)(F)F)C(=O)O. The molecule has 3 nitrogen and oxygen atoms in total. The number of carboxylic acids is 1. The van der Waals surface area contributed by atoms with Crippen LogP contribution in [0.1, 0.15) is 49.7 Å². The van der Waals surface area contributed by atoms with E-state index >= 15 is 0 Å². The van der Waals surface area contributed by atoms with E-state index in [4.69, 9.17) is 5.11 Å². The van der Waals surface area contributed by atoms with Gasteiger partial charge in [0.1, 0.15) is 6.04 Å². The molecule has 122 valence electrons. The van der Waals surface area contributed by atoms with E-state index in [1.54, 1.807) is 13.0 Å². The van der Waals surface area contributed by atoms with E-state index in [1.807, 2.05) is 0 Å². The van der Waals surface area contributed by atoms with E-state index in [2.05, 4.69) is 5.32 Å². The number of carbonyl (C=O) groups is 1. The summed E-state index contributed by atoms with van der Waals surface area (Å²) in [4.78, 5) is 11.1. The fourth-order valence-corrected chi connectivity index (χ4v) is 3.23. The van der Waals surface area contributed by atoms with Gasteiger partial charge in [-0.3, -0.25) is 4.79 Å². The smallest absolute Gasteiger partial charge is 0.416 e. The summed E-state index contributed by atoms with van der Waals surface area (Å²) >= 11 is 0. The lowest BCUT2D eigenvalue weighted by Gasteiger charge is -2.26. The Morgan fingerprint density at radius 2 is 2.05 bits per heavy atom. The maximum absolute atomic E-state index is 13.2. The molecule has 1 fully saturated rings. The van der Waals surface area contributed by atoms with Crippen molar-refractivity contribution in [3.05, 3.63) is 35.4 Å². The molecule has 0 aromatic heterocycles. The van der Waals surface area contributed by atoms with Gasteiger partial charge in [0.15, 0.2) is 0 Å². The molecule has 0 heterocycles. The van der Waals surface area contributed by atoms with Crippen molar-refractivity contribution in [1.82, 2.24) is 5.32 Å². The van der Waals surface area contributed by atoms with Crippen LogP contribution in [0, 0.1) is 0 Å². The van der Waals surface area contributed by atoms with Gasteiger partial charge in [-0.25, -0.2) is 0 Å². The molecule has 3 unspecified atom stereocenters. The van der Waals surface area contributed by atoms with Crippen LogP contribution in [-0.4, -0.2) is 23.2 Å². The van der Waals surface area contributed by atoms with Gasteiger partial charge in [0.05, 0.1) is 5.56 Å². The van der Waals surface area contributed by atoms with Gasteiger partial charge in [0, 0.05) is 6.04 Å². The van der Waals surface area contributed by atoms with Crippen molar-refractivity contribution in [2.45, 2.75) is 56.8 Å². The van der Waals surface area contributed by atoms with Crippen molar-refractivity contribution < 1.29 is 23.1 Å². The molecule has 0 aliphatic heterocycles. The molecule has 0 bridgehead atoms. The summed E-state index contributed by atoms with van der Waals surface area (Å²) in [6.07, 6.45) is -1.85. The van der Waals surface area contributed by atoms with Crippen LogP contribution in [0.4, 0.5) is 13.2 Å². The number of halogens is 3. The molecule has 1 aromatic carbocycles. The van der Waals surface area contributed by atoms with E-state index in [0.29, 0.717) is 19.3 Å². The monoisotopic (exact) mass is 315 g/mol. The Bertz CT molecular complexity index is 530. The third-order valence-electron chi connectivity index (χ3n) is 4.30. The third-order valence-corrected chi connectivity index (χ3v) is 4.30. The van der Waals surface area contributed by atoms with Gasteiger partial charge in [0.25, 0.3) is 0 Å². The molecule has 6 heteroatoms. The second-order valence-electron chi connectivity index (χ2n) is 5.69. The molecule has 1 saturated carbocycles. The molecular formula is C16H20F3NO2. The molecule has 1 aliphatic carbocycles. The van der Waals surface area contributed by atoms with Crippen molar-refractivity contribution in [3.8, 4) is 0 Å². The number of aliphatic carboxylic acids is 1. The van der Waals surface area contributed by atoms with Crippen molar-refractivity contribution in [2.24, 2.45) is 0 Å². The Labute approximate surface area is 127 Å². The maximum Gasteiger partial charge on any atom is 0.416 e. The Kier molecular flexibility index (Phi) is 5.11. The van der Waals surface area contributed by atoms with E-state index < -0.39 is 23.8 Å². The summed E-state index contributed by atoms with van der Waals surface area (Å²) in [6.45, 7) is 1.75. The zero-order valence-corrected chi connectivity index (χ0v) is 12.4. The minimum atomic E-state index is -4.39. The highest BCUT2D eigenvalue weighted by Gasteiger charge is 2.39. The average Bonchev–Trinajstić information content (AvgIpc) is 2.91. The molecule has 2 rings (SSSR count). The lowest BCUT2D eigenvalue weighted by Crippen LogP contribution is -2.44. The lowest BCUT2D eigenvalue weighted by molar-refractivity contribution is -0.140. The van der Waals surface area contributed by atoms with Gasteiger partial charge in [-0.15, -0.1) is 0 Å². The Morgan fingerprint density at radius 1 is 1.36 bits per heavy atom. The third kappa shape index (κ3) is 3.61. The summed E-state index contributed by atoms with van der Waals surface area (Å²) < 4.78 is 39.5. The fourth-order valence-electron chi connectivity index (χ4n) is 3.23. The predicted molar refractivity (Wildman–Crippen MR) is 76.7 cm³/mol. The summed E-state index contributed by atoms with van der Waals surface area (Å²) in [6, 6.07) is 4.65. The highest BCUT2D eigenvalue weighted by atomic mass is 19.4. The topological polar surface area (TPSA) is 49.3 Å². The Hall–Kier alpha value is -1.56. The summed E-state index contributed by atoms with van der Waals surface area (Å²) in [5.74, 6) is -1.26. The van der Waals surface area contributed by atoms with Gasteiger partial charge < -0.3 is 10.4 Å². The number of rotatable bonds is 5. The zero-order chi connectivity index (χ0) is 16.3. The molecule has 0 saturated heterocycles. The highest BCUT2D eigenvalue weighted by molar-refractivity contribution is 5.73. The lowest BCUT2D eigenvalue weighted by atomic mass is 9.89. The van der Waals surface area contributed by atoms with Gasteiger partial charge in [0.2, 0.25) is 0 Å². The van der Waals surface area contributed by atoms with Crippen LogP contribution in [-0.2, 0) is 11.0 Å². The molecule has 0 amide bonds. The minimum absolute atomic E-state index is 0.232. The first-order valence-corrected chi connectivity index (χ1v) is 7.49. The molecule has 0 radical (unpaired) electrons. The first-order chi connectivity index (χ1) is 10.3. The normalized spacial score (nSPS) is 23.5. The first kappa shape index (κ1) is 16.8. The standard InChI is InChI=1S/C16H20F3NO2/c1-2-13(15(21)22)20-14-9-5-7-11(14)10-6-3-4-8-12(10)16(17,18)19/h3-4,6,8,11,13-14,20H,2,5,7,9H2,1H3,(H,21,22). The van der Waals surface area contributed by atoms with E-state index in [0.717, 1.165) is 12.5 Å². The van der Waals surface area contributed by atoms with Gasteiger partial charge in [-0.2, -0.15) is 13.2 Å². The molecule has 2 N–H and O–H groups in total. The second-order valence-corrected chi connectivity index (χ2v) is 5.69. The number of alkyl halides is 3. The number of benzene rings is 1. The van der Waals surface area contributed by atoms with Crippen molar-refractivity contribution >= 4 is 5.97 Å². The van der Waals surface area contributed by atoms with Crippen molar-refractivity contribution in [2.75, 3.05) is 0 Å². The summed E-state index contributed by atoms with van der Waals surface area (Å²) in [7, 11) is 0. The van der Waals surface area contributed by atoms with Gasteiger partial charge in [-0.1, -0.05) is 31.5 Å². The minimum Gasteiger partial charge on any atom is -0.480 e. The maximum atomic E-state index is 13.2. The molecule has 1 aliphatic rings. The Morgan fingerprint density at radius 3 is 2.64 bits per heavy atom. The summed E-state index contributed by atoms with van der Waals surface area (Å²) in [5.41, 5.74) is -0.345. The van der Waals surface area contributed by atoms with Crippen LogP contribution >= 0.6 is 0 Å². The first-order valence-electron chi connectivity index (χ1n) is 7.49. The molecule has 1 aromatic rings. The van der Waals surface area contributed by atoms with Crippen LogP contribution in [0.5, 0.6) is 0 Å². The predicted octanol–water partition coefficient (Wildman–Crippen LogP) is 3.79. The van der Waals surface area contributed by atoms with Gasteiger partial charge in [-0.05, 0) is 36.8 Å².